The smallest absolute Gasteiger partial charge is 0.124 e. The molecule has 3 rings (SSSR count). The van der Waals surface area contributed by atoms with E-state index >= 15 is 0 Å². The number of fused-ring (bicyclic) bond motifs is 1. The Morgan fingerprint density at radius 2 is 1.78 bits per heavy atom. The van der Waals surface area contributed by atoms with Gasteiger partial charge in [-0.25, -0.2) is 0 Å². The average molecular weight is 239 g/mol. The Bertz CT molecular complexity index is 683. The number of phenolic OH excluding ortho intramolecular Hbond substituents is 1. The molecular weight excluding hydrogens is 226 g/mol. The van der Waals surface area contributed by atoms with Crippen molar-refractivity contribution in [2.24, 2.45) is 0 Å². The molecule has 0 atom stereocenters. The maximum absolute atomic E-state index is 9.78. The first-order chi connectivity index (χ1) is 8.79. The SMILES string of the molecule is COc1ccc(-n2ccc3c(O)cccc32)cc1. The topological polar surface area (TPSA) is 34.4 Å². The van der Waals surface area contributed by atoms with Crippen molar-refractivity contribution in [2.75, 3.05) is 7.11 Å². The Labute approximate surface area is 105 Å². The van der Waals surface area contributed by atoms with E-state index in [2.05, 4.69) is 0 Å². The van der Waals surface area contributed by atoms with Crippen LogP contribution in [0.3, 0.4) is 0 Å². The molecular formula is C15H13NO2. The fourth-order valence-electron chi connectivity index (χ4n) is 2.12. The minimum Gasteiger partial charge on any atom is -0.507 e. The van der Waals surface area contributed by atoms with Crippen molar-refractivity contribution < 1.29 is 9.84 Å². The zero-order valence-corrected chi connectivity index (χ0v) is 10.00. The summed E-state index contributed by atoms with van der Waals surface area (Å²) in [6, 6.07) is 15.3. The highest BCUT2D eigenvalue weighted by Gasteiger charge is 2.05. The molecule has 0 unspecified atom stereocenters. The van der Waals surface area contributed by atoms with Crippen molar-refractivity contribution in [3.8, 4) is 17.2 Å². The van der Waals surface area contributed by atoms with Crippen LogP contribution in [0.4, 0.5) is 0 Å². The lowest BCUT2D eigenvalue weighted by molar-refractivity contribution is 0.415. The third kappa shape index (κ3) is 1.61. The molecule has 3 heteroatoms. The maximum atomic E-state index is 9.78. The van der Waals surface area contributed by atoms with Crippen LogP contribution in [0.25, 0.3) is 16.6 Å². The second kappa shape index (κ2) is 4.11. The van der Waals surface area contributed by atoms with E-state index in [0.717, 1.165) is 22.3 Å². The fraction of sp³-hybridized carbons (Fsp3) is 0.0667. The van der Waals surface area contributed by atoms with Crippen molar-refractivity contribution in [1.82, 2.24) is 4.57 Å². The summed E-state index contributed by atoms with van der Waals surface area (Å²) >= 11 is 0. The molecule has 3 nitrogen and oxygen atoms in total. The molecule has 2 aromatic carbocycles. The number of benzene rings is 2. The molecule has 0 spiro atoms. The third-order valence-electron chi connectivity index (χ3n) is 3.06. The number of hydrogen-bond acceptors (Lipinski definition) is 2. The summed E-state index contributed by atoms with van der Waals surface area (Å²) in [7, 11) is 1.65. The number of phenols is 1. The monoisotopic (exact) mass is 239 g/mol. The molecule has 3 aromatic rings. The van der Waals surface area contributed by atoms with E-state index in [-0.39, 0.29) is 0 Å². The second-order valence-corrected chi connectivity index (χ2v) is 4.09. The highest BCUT2D eigenvalue weighted by atomic mass is 16.5. The van der Waals surface area contributed by atoms with Crippen LogP contribution < -0.4 is 4.74 Å². The van der Waals surface area contributed by atoms with Crippen molar-refractivity contribution in [3.05, 3.63) is 54.7 Å². The molecule has 0 saturated heterocycles. The molecule has 90 valence electrons. The third-order valence-corrected chi connectivity index (χ3v) is 3.06. The van der Waals surface area contributed by atoms with E-state index in [1.165, 1.54) is 0 Å². The van der Waals surface area contributed by atoms with Crippen LogP contribution in [0.2, 0.25) is 0 Å². The molecule has 18 heavy (non-hydrogen) atoms. The first-order valence-electron chi connectivity index (χ1n) is 5.73. The quantitative estimate of drug-likeness (QED) is 0.744. The molecule has 0 saturated carbocycles. The van der Waals surface area contributed by atoms with Crippen LogP contribution >= 0.6 is 0 Å². The van der Waals surface area contributed by atoms with Crippen LogP contribution in [0, 0.1) is 0 Å². The van der Waals surface area contributed by atoms with Gasteiger partial charge in [-0.1, -0.05) is 6.07 Å². The van der Waals surface area contributed by atoms with Gasteiger partial charge in [-0.05, 0) is 42.5 Å². The normalized spacial score (nSPS) is 10.7. The highest BCUT2D eigenvalue weighted by molar-refractivity contribution is 5.87. The van der Waals surface area contributed by atoms with Crippen molar-refractivity contribution in [3.63, 3.8) is 0 Å². The summed E-state index contributed by atoms with van der Waals surface area (Å²) in [5.74, 6) is 1.14. The minimum absolute atomic E-state index is 0.305. The number of hydrogen-bond donors (Lipinski definition) is 1. The van der Waals surface area contributed by atoms with Crippen molar-refractivity contribution in [2.45, 2.75) is 0 Å². The van der Waals surface area contributed by atoms with E-state index in [4.69, 9.17) is 4.74 Å². The van der Waals surface area contributed by atoms with Crippen LogP contribution in [0.15, 0.2) is 54.7 Å². The highest BCUT2D eigenvalue weighted by Crippen LogP contribution is 2.28. The summed E-state index contributed by atoms with van der Waals surface area (Å²) in [5, 5.41) is 10.6. The van der Waals surface area contributed by atoms with Crippen molar-refractivity contribution in [1.29, 1.82) is 0 Å². The molecule has 0 aliphatic carbocycles. The van der Waals surface area contributed by atoms with Gasteiger partial charge in [-0.2, -0.15) is 0 Å². The van der Waals surface area contributed by atoms with E-state index in [1.54, 1.807) is 13.2 Å². The van der Waals surface area contributed by atoms with Gasteiger partial charge in [0.2, 0.25) is 0 Å². The van der Waals surface area contributed by atoms with Gasteiger partial charge in [0.25, 0.3) is 0 Å². The lowest BCUT2D eigenvalue weighted by atomic mass is 10.2. The first-order valence-corrected chi connectivity index (χ1v) is 5.73. The molecule has 0 fully saturated rings. The molecule has 0 aliphatic heterocycles. The number of nitrogens with zero attached hydrogens (tertiary/aromatic N) is 1. The number of aromatic hydroxyl groups is 1. The van der Waals surface area contributed by atoms with Gasteiger partial charge < -0.3 is 14.4 Å². The predicted molar refractivity (Wildman–Crippen MR) is 71.5 cm³/mol. The van der Waals surface area contributed by atoms with E-state index in [0.29, 0.717) is 5.75 Å². The summed E-state index contributed by atoms with van der Waals surface area (Å²) in [5.41, 5.74) is 2.02. The second-order valence-electron chi connectivity index (χ2n) is 4.09. The Morgan fingerprint density at radius 1 is 1.00 bits per heavy atom. The molecule has 0 radical (unpaired) electrons. The Hall–Kier alpha value is -2.42. The summed E-state index contributed by atoms with van der Waals surface area (Å²) in [6.45, 7) is 0. The number of ether oxygens (including phenoxy) is 1. The van der Waals surface area contributed by atoms with Crippen LogP contribution in [-0.4, -0.2) is 16.8 Å². The molecule has 1 aromatic heterocycles. The number of methoxy groups -OCH3 is 1. The van der Waals surface area contributed by atoms with E-state index in [1.807, 2.05) is 53.2 Å². The van der Waals surface area contributed by atoms with Crippen LogP contribution in [0.5, 0.6) is 11.5 Å². The standard InChI is InChI=1S/C15H13NO2/c1-18-12-7-5-11(6-8-12)16-10-9-13-14(16)3-2-4-15(13)17/h2-10,17H,1H3. The predicted octanol–water partition coefficient (Wildman–Crippen LogP) is 3.34. The maximum Gasteiger partial charge on any atom is 0.124 e. The zero-order valence-electron chi connectivity index (χ0n) is 10.00. The van der Waals surface area contributed by atoms with Crippen LogP contribution in [0.1, 0.15) is 0 Å². The molecule has 0 bridgehead atoms. The lowest BCUT2D eigenvalue weighted by Crippen LogP contribution is -1.91. The lowest BCUT2D eigenvalue weighted by Gasteiger charge is -2.07. The van der Waals surface area contributed by atoms with E-state index in [9.17, 15) is 5.11 Å². The van der Waals surface area contributed by atoms with Gasteiger partial charge in [0.15, 0.2) is 0 Å². The first kappa shape index (κ1) is 10.7. The fourth-order valence-corrected chi connectivity index (χ4v) is 2.12. The minimum atomic E-state index is 0.305. The van der Waals surface area contributed by atoms with Gasteiger partial charge in [0, 0.05) is 17.3 Å². The largest absolute Gasteiger partial charge is 0.507 e. The molecule has 1 N–H and O–H groups in total. The number of rotatable bonds is 2. The van der Waals surface area contributed by atoms with Gasteiger partial charge in [-0.3, -0.25) is 0 Å². The summed E-state index contributed by atoms with van der Waals surface area (Å²) in [4.78, 5) is 0. The number of aromatic nitrogens is 1. The van der Waals surface area contributed by atoms with Crippen molar-refractivity contribution >= 4 is 10.9 Å². The molecule has 1 heterocycles. The van der Waals surface area contributed by atoms with E-state index < -0.39 is 0 Å². The zero-order chi connectivity index (χ0) is 12.5. The van der Waals surface area contributed by atoms with Gasteiger partial charge in [0.05, 0.1) is 12.6 Å². The van der Waals surface area contributed by atoms with Crippen LogP contribution in [-0.2, 0) is 0 Å². The summed E-state index contributed by atoms with van der Waals surface area (Å²) in [6.07, 6.45) is 1.95. The summed E-state index contributed by atoms with van der Waals surface area (Å²) < 4.78 is 7.18. The Balaban J connectivity index is 2.16. The van der Waals surface area contributed by atoms with Gasteiger partial charge in [0.1, 0.15) is 11.5 Å². The Morgan fingerprint density at radius 3 is 2.50 bits per heavy atom. The van der Waals surface area contributed by atoms with Gasteiger partial charge >= 0.3 is 0 Å². The van der Waals surface area contributed by atoms with Gasteiger partial charge in [-0.15, -0.1) is 0 Å². The average Bonchev–Trinajstić information content (AvgIpc) is 2.84. The molecule has 0 amide bonds. The molecule has 0 aliphatic rings. The Kier molecular flexibility index (Phi) is 2.45.